The van der Waals surface area contributed by atoms with Crippen LogP contribution in [0.5, 0.6) is 5.75 Å². The number of nitrogens with two attached hydrogens (primary N) is 1. The molecule has 1 aliphatic heterocycles. The summed E-state index contributed by atoms with van der Waals surface area (Å²) < 4.78 is 19.7. The van der Waals surface area contributed by atoms with Gasteiger partial charge < -0.3 is 15.4 Å². The second-order valence-electron chi connectivity index (χ2n) is 4.83. The number of rotatable bonds is 3. The van der Waals surface area contributed by atoms with E-state index in [1.165, 1.54) is 4.90 Å². The number of benzene rings is 2. The first-order chi connectivity index (χ1) is 10.2. The van der Waals surface area contributed by atoms with Crippen molar-refractivity contribution in [2.24, 2.45) is 5.73 Å². The van der Waals surface area contributed by atoms with E-state index >= 15 is 0 Å². The number of hydrogen-bond donors (Lipinski definition) is 1. The zero-order valence-corrected chi connectivity index (χ0v) is 11.4. The number of carbonyl (C=O) groups excluding carboxylic acids is 1. The number of fused-ring (bicyclic) bond motifs is 1. The maximum Gasteiger partial charge on any atom is 0.265 e. The highest BCUT2D eigenvalue weighted by molar-refractivity contribution is 5.97. The van der Waals surface area contributed by atoms with Crippen LogP contribution in [0.15, 0.2) is 42.5 Å². The fraction of sp³-hybridized carbons (Fsp3) is 0.188. The van der Waals surface area contributed by atoms with Gasteiger partial charge in [-0.15, -0.1) is 0 Å². The van der Waals surface area contributed by atoms with E-state index in [0.717, 1.165) is 0 Å². The summed E-state index contributed by atoms with van der Waals surface area (Å²) in [6.45, 7) is 0.265. The maximum absolute atomic E-state index is 14.3. The largest absolute Gasteiger partial charge is 0.482 e. The van der Waals surface area contributed by atoms with Gasteiger partial charge in [-0.25, -0.2) is 4.39 Å². The van der Waals surface area contributed by atoms with Crippen molar-refractivity contribution >= 4 is 11.6 Å². The van der Waals surface area contributed by atoms with Crippen molar-refractivity contribution < 1.29 is 13.9 Å². The molecule has 2 N–H and O–H groups in total. The summed E-state index contributed by atoms with van der Waals surface area (Å²) in [6, 6.07) is 12.3. The Morgan fingerprint density at radius 3 is 2.71 bits per heavy atom. The van der Waals surface area contributed by atoms with E-state index in [1.54, 1.807) is 30.3 Å². The second kappa shape index (κ2) is 5.54. The van der Waals surface area contributed by atoms with E-state index in [0.29, 0.717) is 22.6 Å². The van der Waals surface area contributed by atoms with Gasteiger partial charge in [-0.05, 0) is 12.1 Å². The molecule has 0 bridgehead atoms. The number of nitrogens with zero attached hydrogens (tertiary/aromatic N) is 1. The molecule has 5 heteroatoms. The van der Waals surface area contributed by atoms with E-state index in [1.807, 2.05) is 12.1 Å². The van der Waals surface area contributed by atoms with Gasteiger partial charge in [0.2, 0.25) is 0 Å². The molecular weight excluding hydrogens is 271 g/mol. The van der Waals surface area contributed by atoms with E-state index in [9.17, 15) is 9.18 Å². The molecule has 0 aliphatic carbocycles. The SMILES string of the molecule is NCc1cccc(CN2C(=O)COc3ccccc32)c1F. The van der Waals surface area contributed by atoms with Crippen LogP contribution in [0.4, 0.5) is 10.1 Å². The molecule has 0 radical (unpaired) electrons. The Bertz CT molecular complexity index is 688. The van der Waals surface area contributed by atoms with Crippen LogP contribution in [0.2, 0.25) is 0 Å². The zero-order chi connectivity index (χ0) is 14.8. The Labute approximate surface area is 121 Å². The first kappa shape index (κ1) is 13.6. The minimum Gasteiger partial charge on any atom is -0.482 e. The predicted octanol–water partition coefficient (Wildman–Crippen LogP) is 2.21. The topological polar surface area (TPSA) is 55.6 Å². The van der Waals surface area contributed by atoms with Crippen molar-refractivity contribution in [2.75, 3.05) is 11.5 Å². The minimum absolute atomic E-state index is 0.0325. The number of para-hydroxylation sites is 2. The molecule has 0 saturated carbocycles. The smallest absolute Gasteiger partial charge is 0.265 e. The molecule has 0 unspecified atom stereocenters. The van der Waals surface area contributed by atoms with Gasteiger partial charge in [0.05, 0.1) is 12.2 Å². The fourth-order valence-electron chi connectivity index (χ4n) is 2.41. The number of halogens is 1. The lowest BCUT2D eigenvalue weighted by atomic mass is 10.1. The molecule has 4 nitrogen and oxygen atoms in total. The third kappa shape index (κ3) is 2.48. The van der Waals surface area contributed by atoms with Crippen molar-refractivity contribution in [1.29, 1.82) is 0 Å². The van der Waals surface area contributed by atoms with Crippen LogP contribution in [0, 0.1) is 5.82 Å². The number of amides is 1. The number of hydrogen-bond acceptors (Lipinski definition) is 3. The first-order valence-electron chi connectivity index (χ1n) is 6.69. The summed E-state index contributed by atoms with van der Waals surface area (Å²) in [5, 5.41) is 0. The van der Waals surface area contributed by atoms with Crippen LogP contribution in [0.3, 0.4) is 0 Å². The van der Waals surface area contributed by atoms with Crippen LogP contribution in [0.25, 0.3) is 0 Å². The lowest BCUT2D eigenvalue weighted by Crippen LogP contribution is -2.38. The number of carbonyl (C=O) groups is 1. The van der Waals surface area contributed by atoms with E-state index in [2.05, 4.69) is 0 Å². The van der Waals surface area contributed by atoms with Crippen molar-refractivity contribution in [3.8, 4) is 5.75 Å². The molecule has 21 heavy (non-hydrogen) atoms. The molecular formula is C16H15FN2O2. The van der Waals surface area contributed by atoms with E-state index < -0.39 is 0 Å². The summed E-state index contributed by atoms with van der Waals surface area (Å²) in [5.41, 5.74) is 7.07. The maximum atomic E-state index is 14.3. The number of ether oxygens (including phenoxy) is 1. The monoisotopic (exact) mass is 286 g/mol. The van der Waals surface area contributed by atoms with Crippen molar-refractivity contribution in [3.05, 3.63) is 59.4 Å². The Morgan fingerprint density at radius 2 is 1.90 bits per heavy atom. The van der Waals surface area contributed by atoms with Gasteiger partial charge in [0, 0.05) is 17.7 Å². The highest BCUT2D eigenvalue weighted by atomic mass is 19.1. The number of anilines is 1. The predicted molar refractivity (Wildman–Crippen MR) is 77.4 cm³/mol. The van der Waals surface area contributed by atoms with Crippen LogP contribution >= 0.6 is 0 Å². The molecule has 3 rings (SSSR count). The molecule has 2 aromatic rings. The van der Waals surface area contributed by atoms with Gasteiger partial charge in [0.1, 0.15) is 11.6 Å². The van der Waals surface area contributed by atoms with E-state index in [-0.39, 0.29) is 31.4 Å². The normalized spacial score (nSPS) is 13.8. The summed E-state index contributed by atoms with van der Waals surface area (Å²) >= 11 is 0. The molecule has 108 valence electrons. The van der Waals surface area contributed by atoms with Crippen molar-refractivity contribution in [3.63, 3.8) is 0 Å². The fourth-order valence-corrected chi connectivity index (χ4v) is 2.41. The van der Waals surface area contributed by atoms with Crippen LogP contribution < -0.4 is 15.4 Å². The summed E-state index contributed by atoms with van der Waals surface area (Å²) in [5.74, 6) is 0.0931. The molecule has 0 atom stereocenters. The molecule has 0 spiro atoms. The lowest BCUT2D eigenvalue weighted by molar-refractivity contribution is -0.121. The van der Waals surface area contributed by atoms with Crippen LogP contribution in [0.1, 0.15) is 11.1 Å². The van der Waals surface area contributed by atoms with Gasteiger partial charge in [0.25, 0.3) is 5.91 Å². The molecule has 0 saturated heterocycles. The standard InChI is InChI=1S/C16H15FN2O2/c17-16-11(8-18)4-3-5-12(16)9-19-13-6-1-2-7-14(13)21-10-15(19)20/h1-7H,8-10,18H2. The Hall–Kier alpha value is -2.40. The van der Waals surface area contributed by atoms with Crippen molar-refractivity contribution in [2.45, 2.75) is 13.1 Å². The Balaban J connectivity index is 1.96. The van der Waals surface area contributed by atoms with Crippen molar-refractivity contribution in [1.82, 2.24) is 0 Å². The third-order valence-electron chi connectivity index (χ3n) is 3.52. The van der Waals surface area contributed by atoms with Gasteiger partial charge >= 0.3 is 0 Å². The molecule has 1 amide bonds. The zero-order valence-electron chi connectivity index (χ0n) is 11.4. The van der Waals surface area contributed by atoms with Crippen LogP contribution in [-0.4, -0.2) is 12.5 Å². The van der Waals surface area contributed by atoms with Crippen LogP contribution in [-0.2, 0) is 17.9 Å². The second-order valence-corrected chi connectivity index (χ2v) is 4.83. The average Bonchev–Trinajstić information content (AvgIpc) is 2.52. The summed E-state index contributed by atoms with van der Waals surface area (Å²) in [4.78, 5) is 13.6. The summed E-state index contributed by atoms with van der Waals surface area (Å²) in [6.07, 6.45) is 0. The third-order valence-corrected chi connectivity index (χ3v) is 3.52. The highest BCUT2D eigenvalue weighted by Gasteiger charge is 2.26. The first-order valence-corrected chi connectivity index (χ1v) is 6.69. The van der Waals surface area contributed by atoms with E-state index in [4.69, 9.17) is 10.5 Å². The summed E-state index contributed by atoms with van der Waals surface area (Å²) in [7, 11) is 0. The molecule has 2 aromatic carbocycles. The quantitative estimate of drug-likeness (QED) is 0.941. The lowest BCUT2D eigenvalue weighted by Gasteiger charge is -2.29. The average molecular weight is 286 g/mol. The highest BCUT2D eigenvalue weighted by Crippen LogP contribution is 2.32. The molecule has 1 heterocycles. The minimum atomic E-state index is -0.350. The Kier molecular flexibility index (Phi) is 3.58. The Morgan fingerprint density at radius 1 is 1.14 bits per heavy atom. The van der Waals surface area contributed by atoms with Gasteiger partial charge in [-0.2, -0.15) is 0 Å². The van der Waals surface area contributed by atoms with Gasteiger partial charge in [0.15, 0.2) is 6.61 Å². The molecule has 0 fully saturated rings. The molecule has 1 aliphatic rings. The van der Waals surface area contributed by atoms with Gasteiger partial charge in [-0.1, -0.05) is 30.3 Å². The van der Waals surface area contributed by atoms with Gasteiger partial charge in [-0.3, -0.25) is 4.79 Å². The molecule has 0 aromatic heterocycles.